The molecule has 3 nitrogen and oxygen atoms in total. The molecule has 12 heavy (non-hydrogen) atoms. The molecule has 0 aromatic carbocycles. The van der Waals surface area contributed by atoms with Crippen LogP contribution in [-0.2, 0) is 4.74 Å². The van der Waals surface area contributed by atoms with Crippen LogP contribution in [0.3, 0.4) is 0 Å². The van der Waals surface area contributed by atoms with Gasteiger partial charge in [0.25, 0.3) is 0 Å². The Hall–Kier alpha value is -0.120. The van der Waals surface area contributed by atoms with E-state index in [1.54, 1.807) is 0 Å². The summed E-state index contributed by atoms with van der Waals surface area (Å²) in [5.41, 5.74) is 4.87. The molecule has 0 amide bonds. The van der Waals surface area contributed by atoms with Crippen LogP contribution >= 0.6 is 0 Å². The van der Waals surface area contributed by atoms with Crippen molar-refractivity contribution in [3.8, 4) is 0 Å². The normalized spacial score (nSPS) is 36.8. The van der Waals surface area contributed by atoms with Crippen LogP contribution < -0.4 is 5.73 Å². The van der Waals surface area contributed by atoms with Crippen LogP contribution in [0, 0.1) is 5.92 Å². The molecular formula is C9H17NO2. The number of aliphatic hydroxyl groups is 1. The van der Waals surface area contributed by atoms with Gasteiger partial charge in [0.05, 0.1) is 12.2 Å². The van der Waals surface area contributed by atoms with E-state index in [1.165, 1.54) is 0 Å². The minimum absolute atomic E-state index is 0.132. The molecule has 1 saturated carbocycles. The summed E-state index contributed by atoms with van der Waals surface area (Å²) in [6, 6.07) is 0. The van der Waals surface area contributed by atoms with E-state index in [0.717, 1.165) is 19.3 Å². The van der Waals surface area contributed by atoms with Crippen LogP contribution in [0.4, 0.5) is 0 Å². The van der Waals surface area contributed by atoms with Crippen molar-refractivity contribution in [2.45, 2.75) is 43.9 Å². The fourth-order valence-electron chi connectivity index (χ4n) is 1.94. The summed E-state index contributed by atoms with van der Waals surface area (Å²) in [4.78, 5) is 0. The van der Waals surface area contributed by atoms with Gasteiger partial charge in [-0.1, -0.05) is 6.92 Å². The standard InChI is InChI=1S/C9H17NO2/c1-2-9(10,11)7-5-8(3-4-8)12-6-7/h7,11H,2-6,10H2,1H3. The van der Waals surface area contributed by atoms with Gasteiger partial charge in [0.1, 0.15) is 5.72 Å². The summed E-state index contributed by atoms with van der Waals surface area (Å²) in [6.07, 6.45) is 3.87. The number of ether oxygens (including phenoxy) is 1. The van der Waals surface area contributed by atoms with Crippen LogP contribution in [0.15, 0.2) is 0 Å². The lowest BCUT2D eigenvalue weighted by Gasteiger charge is -2.27. The Bertz CT molecular complexity index is 187. The van der Waals surface area contributed by atoms with Crippen molar-refractivity contribution in [1.82, 2.24) is 0 Å². The molecule has 70 valence electrons. The summed E-state index contributed by atoms with van der Waals surface area (Å²) in [6.45, 7) is 2.55. The van der Waals surface area contributed by atoms with Gasteiger partial charge in [-0.2, -0.15) is 0 Å². The van der Waals surface area contributed by atoms with Crippen LogP contribution in [-0.4, -0.2) is 23.0 Å². The zero-order chi connectivity index (χ0) is 8.82. The Labute approximate surface area is 72.9 Å². The third-order valence-electron chi connectivity index (χ3n) is 3.29. The molecular weight excluding hydrogens is 154 g/mol. The van der Waals surface area contributed by atoms with E-state index in [0.29, 0.717) is 13.0 Å². The largest absolute Gasteiger partial charge is 0.376 e. The third-order valence-corrected chi connectivity index (χ3v) is 3.29. The van der Waals surface area contributed by atoms with Crippen LogP contribution in [0.2, 0.25) is 0 Å². The average molecular weight is 171 g/mol. The average Bonchev–Trinajstić information content (AvgIpc) is 2.61. The molecule has 2 unspecified atom stereocenters. The molecule has 1 saturated heterocycles. The van der Waals surface area contributed by atoms with Gasteiger partial charge in [0.2, 0.25) is 0 Å². The minimum atomic E-state index is -1.01. The van der Waals surface area contributed by atoms with E-state index < -0.39 is 5.72 Å². The monoisotopic (exact) mass is 171 g/mol. The first-order chi connectivity index (χ1) is 5.58. The molecule has 0 aromatic heterocycles. The van der Waals surface area contributed by atoms with Crippen molar-refractivity contribution in [3.05, 3.63) is 0 Å². The smallest absolute Gasteiger partial charge is 0.118 e. The molecule has 2 rings (SSSR count). The maximum Gasteiger partial charge on any atom is 0.118 e. The van der Waals surface area contributed by atoms with Gasteiger partial charge >= 0.3 is 0 Å². The first kappa shape index (κ1) is 8.48. The lowest BCUT2D eigenvalue weighted by atomic mass is 9.91. The zero-order valence-corrected chi connectivity index (χ0v) is 7.55. The SMILES string of the molecule is CCC(N)(O)C1COC2(CC2)C1. The molecule has 1 spiro atoms. The highest BCUT2D eigenvalue weighted by atomic mass is 16.5. The maximum atomic E-state index is 9.78. The summed E-state index contributed by atoms with van der Waals surface area (Å²) < 4.78 is 5.61. The molecule has 0 bridgehead atoms. The Kier molecular flexibility index (Phi) is 1.72. The second-order valence-corrected chi connectivity index (χ2v) is 4.24. The van der Waals surface area contributed by atoms with Crippen LogP contribution in [0.5, 0.6) is 0 Å². The molecule has 1 heterocycles. The van der Waals surface area contributed by atoms with Gasteiger partial charge in [0, 0.05) is 5.92 Å². The van der Waals surface area contributed by atoms with E-state index in [1.807, 2.05) is 6.92 Å². The zero-order valence-electron chi connectivity index (χ0n) is 7.55. The molecule has 0 radical (unpaired) electrons. The second kappa shape index (κ2) is 2.44. The van der Waals surface area contributed by atoms with Gasteiger partial charge in [-0.25, -0.2) is 0 Å². The number of rotatable bonds is 2. The van der Waals surface area contributed by atoms with Gasteiger partial charge in [-0.05, 0) is 25.7 Å². The van der Waals surface area contributed by atoms with Gasteiger partial charge in [-0.15, -0.1) is 0 Å². The topological polar surface area (TPSA) is 55.5 Å². The summed E-state index contributed by atoms with van der Waals surface area (Å²) in [7, 11) is 0. The molecule has 1 aliphatic carbocycles. The summed E-state index contributed by atoms with van der Waals surface area (Å²) >= 11 is 0. The molecule has 0 aromatic rings. The highest BCUT2D eigenvalue weighted by Gasteiger charge is 2.53. The second-order valence-electron chi connectivity index (χ2n) is 4.24. The fourth-order valence-corrected chi connectivity index (χ4v) is 1.94. The lowest BCUT2D eigenvalue weighted by molar-refractivity contribution is -0.0206. The molecule has 2 aliphatic rings. The quantitative estimate of drug-likeness (QED) is 0.599. The fraction of sp³-hybridized carbons (Fsp3) is 1.00. The Balaban J connectivity index is 1.98. The summed E-state index contributed by atoms with van der Waals surface area (Å²) in [5, 5.41) is 9.78. The van der Waals surface area contributed by atoms with E-state index in [4.69, 9.17) is 10.5 Å². The van der Waals surface area contributed by atoms with E-state index in [2.05, 4.69) is 0 Å². The third kappa shape index (κ3) is 1.26. The minimum Gasteiger partial charge on any atom is -0.376 e. The van der Waals surface area contributed by atoms with Crippen molar-refractivity contribution in [1.29, 1.82) is 0 Å². The predicted octanol–water partition coefficient (Wildman–Crippen LogP) is 0.613. The summed E-state index contributed by atoms with van der Waals surface area (Å²) in [5.74, 6) is 0.144. The van der Waals surface area contributed by atoms with Crippen molar-refractivity contribution in [3.63, 3.8) is 0 Å². The molecule has 3 heteroatoms. The Morgan fingerprint density at radius 1 is 1.67 bits per heavy atom. The Morgan fingerprint density at radius 2 is 2.33 bits per heavy atom. The van der Waals surface area contributed by atoms with Crippen LogP contribution in [0.1, 0.15) is 32.6 Å². The van der Waals surface area contributed by atoms with Crippen LogP contribution in [0.25, 0.3) is 0 Å². The first-order valence-corrected chi connectivity index (χ1v) is 4.73. The number of nitrogens with two attached hydrogens (primary N) is 1. The molecule has 2 fully saturated rings. The van der Waals surface area contributed by atoms with Crippen molar-refractivity contribution in [2.75, 3.05) is 6.61 Å². The van der Waals surface area contributed by atoms with Crippen molar-refractivity contribution in [2.24, 2.45) is 11.7 Å². The number of hydrogen-bond donors (Lipinski definition) is 2. The highest BCUT2D eigenvalue weighted by molar-refractivity contribution is 5.03. The van der Waals surface area contributed by atoms with E-state index >= 15 is 0 Å². The van der Waals surface area contributed by atoms with Gasteiger partial charge < -0.3 is 15.6 Å². The molecule has 1 aliphatic heterocycles. The van der Waals surface area contributed by atoms with Gasteiger partial charge in [0.15, 0.2) is 0 Å². The van der Waals surface area contributed by atoms with Crippen molar-refractivity contribution >= 4 is 0 Å². The van der Waals surface area contributed by atoms with E-state index in [9.17, 15) is 5.11 Å². The maximum absolute atomic E-state index is 9.78. The molecule has 3 N–H and O–H groups in total. The van der Waals surface area contributed by atoms with Gasteiger partial charge in [-0.3, -0.25) is 0 Å². The number of hydrogen-bond acceptors (Lipinski definition) is 3. The molecule has 2 atom stereocenters. The first-order valence-electron chi connectivity index (χ1n) is 4.73. The Morgan fingerprint density at radius 3 is 2.75 bits per heavy atom. The van der Waals surface area contributed by atoms with Crippen molar-refractivity contribution < 1.29 is 9.84 Å². The lowest BCUT2D eigenvalue weighted by Crippen LogP contribution is -2.46. The predicted molar refractivity (Wildman–Crippen MR) is 45.5 cm³/mol. The van der Waals surface area contributed by atoms with E-state index in [-0.39, 0.29) is 11.5 Å². The highest BCUT2D eigenvalue weighted by Crippen LogP contribution is 2.51.